The summed E-state index contributed by atoms with van der Waals surface area (Å²) >= 11 is 0. The van der Waals surface area contributed by atoms with Crippen LogP contribution < -0.4 is 0 Å². The third kappa shape index (κ3) is 3.90. The van der Waals surface area contributed by atoms with E-state index in [-0.39, 0.29) is 30.5 Å². The van der Waals surface area contributed by atoms with Crippen LogP contribution in [0.3, 0.4) is 0 Å². The van der Waals surface area contributed by atoms with Crippen molar-refractivity contribution >= 4 is 5.91 Å². The number of aryl methyl sites for hydroxylation is 1. The fourth-order valence-corrected chi connectivity index (χ4v) is 3.42. The maximum atomic E-state index is 14.1. The van der Waals surface area contributed by atoms with Gasteiger partial charge in [0.15, 0.2) is 5.82 Å². The first-order chi connectivity index (χ1) is 13.6. The number of carbonyl (C=O) groups excluding carboxylic acids is 1. The summed E-state index contributed by atoms with van der Waals surface area (Å²) in [7, 11) is 0. The molecule has 1 unspecified atom stereocenters. The van der Waals surface area contributed by atoms with Crippen molar-refractivity contribution in [3.8, 4) is 11.6 Å². The highest BCUT2D eigenvalue weighted by molar-refractivity contribution is 5.76. The summed E-state index contributed by atoms with van der Waals surface area (Å²) in [4.78, 5) is 22.4. The summed E-state index contributed by atoms with van der Waals surface area (Å²) < 4.78 is 32.7. The fraction of sp³-hybridized carbons (Fsp3) is 0.389. The molecule has 1 fully saturated rings. The molecule has 1 aliphatic heterocycles. The van der Waals surface area contributed by atoms with Gasteiger partial charge in [-0.3, -0.25) is 9.89 Å². The zero-order valence-corrected chi connectivity index (χ0v) is 14.9. The van der Waals surface area contributed by atoms with Gasteiger partial charge in [0.2, 0.25) is 17.6 Å². The van der Waals surface area contributed by atoms with Crippen LogP contribution in [0.4, 0.5) is 8.78 Å². The smallest absolute Gasteiger partial charge is 0.239 e. The van der Waals surface area contributed by atoms with E-state index in [9.17, 15) is 13.6 Å². The molecule has 0 bridgehead atoms. The van der Waals surface area contributed by atoms with E-state index in [0.29, 0.717) is 36.8 Å². The number of piperidine rings is 1. The number of nitrogens with zero attached hydrogens (tertiary/aromatic N) is 5. The number of likely N-dealkylation sites (tertiary alicyclic amines) is 1. The van der Waals surface area contributed by atoms with Crippen LogP contribution in [-0.2, 0) is 11.2 Å². The lowest BCUT2D eigenvalue weighted by molar-refractivity contribution is -0.132. The summed E-state index contributed by atoms with van der Waals surface area (Å²) in [6.07, 6.45) is 3.27. The second-order valence-electron chi connectivity index (χ2n) is 6.69. The first-order valence-corrected chi connectivity index (χ1v) is 9.01. The molecule has 1 amide bonds. The average Bonchev–Trinajstić information content (AvgIpc) is 3.39. The van der Waals surface area contributed by atoms with E-state index in [0.717, 1.165) is 18.6 Å². The zero-order chi connectivity index (χ0) is 19.5. The van der Waals surface area contributed by atoms with Gasteiger partial charge >= 0.3 is 0 Å². The lowest BCUT2D eigenvalue weighted by Gasteiger charge is -2.33. The Hall–Kier alpha value is -3.17. The standard InChI is InChI=1S/C18H18F2N6O2/c19-12-3-4-14(20)13(8-12)11-2-1-7-26(9-11)16(27)6-5-15-23-18(25-28-15)17-21-10-22-24-17/h3-4,8,10-11H,1-2,5-7,9H2,(H,21,22,24). The largest absolute Gasteiger partial charge is 0.342 e. The predicted molar refractivity (Wildman–Crippen MR) is 92.9 cm³/mol. The number of halogens is 2. The molecule has 0 aliphatic carbocycles. The molecular weight excluding hydrogens is 370 g/mol. The molecule has 0 saturated carbocycles. The molecule has 1 atom stereocenters. The molecule has 0 radical (unpaired) electrons. The number of benzene rings is 1. The molecule has 1 saturated heterocycles. The Morgan fingerprint density at radius 2 is 2.25 bits per heavy atom. The second-order valence-corrected chi connectivity index (χ2v) is 6.69. The SMILES string of the molecule is O=C(CCc1nc(-c2ncn[nH]2)no1)N1CCCC(c2cc(F)ccc2F)C1. The van der Waals surface area contributed by atoms with Gasteiger partial charge in [0.05, 0.1) is 0 Å². The third-order valence-electron chi connectivity index (χ3n) is 4.82. The Morgan fingerprint density at radius 1 is 1.36 bits per heavy atom. The Labute approximate surface area is 159 Å². The van der Waals surface area contributed by atoms with Crippen LogP contribution in [0.1, 0.15) is 36.6 Å². The number of H-pyrrole nitrogens is 1. The molecule has 1 aromatic carbocycles. The molecule has 1 aliphatic rings. The number of aromatic amines is 1. The van der Waals surface area contributed by atoms with E-state index in [1.54, 1.807) is 4.90 Å². The molecule has 3 heterocycles. The average molecular weight is 388 g/mol. The van der Waals surface area contributed by atoms with Gasteiger partial charge in [-0.15, -0.1) is 0 Å². The minimum absolute atomic E-state index is 0.0825. The Morgan fingerprint density at radius 3 is 3.07 bits per heavy atom. The van der Waals surface area contributed by atoms with E-state index >= 15 is 0 Å². The highest BCUT2D eigenvalue weighted by Crippen LogP contribution is 2.29. The second kappa shape index (κ2) is 7.83. The quantitative estimate of drug-likeness (QED) is 0.721. The molecule has 8 nitrogen and oxygen atoms in total. The molecule has 146 valence electrons. The van der Waals surface area contributed by atoms with E-state index in [1.807, 2.05) is 0 Å². The highest BCUT2D eigenvalue weighted by Gasteiger charge is 2.27. The van der Waals surface area contributed by atoms with Crippen molar-refractivity contribution < 1.29 is 18.1 Å². The normalized spacial score (nSPS) is 17.1. The molecule has 0 spiro atoms. The minimum atomic E-state index is -0.473. The van der Waals surface area contributed by atoms with E-state index in [2.05, 4.69) is 25.3 Å². The number of amides is 1. The minimum Gasteiger partial charge on any atom is -0.342 e. The first-order valence-electron chi connectivity index (χ1n) is 9.01. The number of carbonyl (C=O) groups is 1. The van der Waals surface area contributed by atoms with E-state index < -0.39 is 11.6 Å². The van der Waals surface area contributed by atoms with Crippen LogP contribution in [0.25, 0.3) is 11.6 Å². The van der Waals surface area contributed by atoms with Crippen molar-refractivity contribution in [3.63, 3.8) is 0 Å². The maximum Gasteiger partial charge on any atom is 0.239 e. The van der Waals surface area contributed by atoms with Crippen molar-refractivity contribution in [2.24, 2.45) is 0 Å². The van der Waals surface area contributed by atoms with Crippen LogP contribution >= 0.6 is 0 Å². The van der Waals surface area contributed by atoms with Gasteiger partial charge in [-0.25, -0.2) is 13.8 Å². The molecule has 4 rings (SSSR count). The summed E-state index contributed by atoms with van der Waals surface area (Å²) in [5, 5.41) is 10.1. The van der Waals surface area contributed by atoms with Gasteiger partial charge in [-0.2, -0.15) is 10.1 Å². The number of nitrogens with one attached hydrogen (secondary N) is 1. The van der Waals surface area contributed by atoms with Crippen molar-refractivity contribution in [1.29, 1.82) is 0 Å². The lowest BCUT2D eigenvalue weighted by Crippen LogP contribution is -2.39. The fourth-order valence-electron chi connectivity index (χ4n) is 3.42. The highest BCUT2D eigenvalue weighted by atomic mass is 19.1. The molecule has 10 heteroatoms. The van der Waals surface area contributed by atoms with Gasteiger partial charge in [0, 0.05) is 31.8 Å². The van der Waals surface area contributed by atoms with Gasteiger partial charge in [0.25, 0.3) is 0 Å². The van der Waals surface area contributed by atoms with Crippen molar-refractivity contribution in [3.05, 3.63) is 47.6 Å². The van der Waals surface area contributed by atoms with Crippen molar-refractivity contribution in [1.82, 2.24) is 30.2 Å². The van der Waals surface area contributed by atoms with Gasteiger partial charge in [-0.1, -0.05) is 5.16 Å². The Balaban J connectivity index is 1.36. The topological polar surface area (TPSA) is 101 Å². The number of hydrogen-bond acceptors (Lipinski definition) is 6. The Kier molecular flexibility index (Phi) is 5.09. The molecule has 1 N–H and O–H groups in total. The Bertz CT molecular complexity index is 959. The predicted octanol–water partition coefficient (Wildman–Crippen LogP) is 2.47. The molecular formula is C18H18F2N6O2. The number of hydrogen-bond donors (Lipinski definition) is 1. The maximum absolute atomic E-state index is 14.1. The van der Waals surface area contributed by atoms with Crippen LogP contribution in [0.5, 0.6) is 0 Å². The number of rotatable bonds is 5. The van der Waals surface area contributed by atoms with E-state index in [1.165, 1.54) is 12.4 Å². The monoisotopic (exact) mass is 388 g/mol. The zero-order valence-electron chi connectivity index (χ0n) is 14.9. The first kappa shape index (κ1) is 18.2. The third-order valence-corrected chi connectivity index (χ3v) is 4.82. The summed E-state index contributed by atoms with van der Waals surface area (Å²) in [5.74, 6) is -0.220. The van der Waals surface area contributed by atoms with Crippen LogP contribution in [0.15, 0.2) is 29.0 Å². The van der Waals surface area contributed by atoms with Crippen LogP contribution in [-0.4, -0.2) is 49.2 Å². The summed E-state index contributed by atoms with van der Waals surface area (Å²) in [6.45, 7) is 0.964. The van der Waals surface area contributed by atoms with E-state index in [4.69, 9.17) is 4.52 Å². The molecule has 28 heavy (non-hydrogen) atoms. The number of aromatic nitrogens is 5. The molecule has 3 aromatic rings. The summed E-state index contributed by atoms with van der Waals surface area (Å²) in [5.41, 5.74) is 0.325. The van der Waals surface area contributed by atoms with Gasteiger partial charge in [-0.05, 0) is 36.6 Å². The lowest BCUT2D eigenvalue weighted by atomic mass is 9.90. The van der Waals surface area contributed by atoms with Gasteiger partial charge < -0.3 is 9.42 Å². The summed E-state index contributed by atoms with van der Waals surface area (Å²) in [6, 6.07) is 3.45. The van der Waals surface area contributed by atoms with Crippen molar-refractivity contribution in [2.75, 3.05) is 13.1 Å². The van der Waals surface area contributed by atoms with Crippen LogP contribution in [0.2, 0.25) is 0 Å². The van der Waals surface area contributed by atoms with Gasteiger partial charge in [0.1, 0.15) is 18.0 Å². The van der Waals surface area contributed by atoms with Crippen molar-refractivity contribution in [2.45, 2.75) is 31.6 Å². The van der Waals surface area contributed by atoms with Crippen LogP contribution in [0, 0.1) is 11.6 Å². The molecule has 2 aromatic heterocycles.